The van der Waals surface area contributed by atoms with E-state index in [2.05, 4.69) is 4.90 Å². The Morgan fingerprint density at radius 2 is 2.25 bits per heavy atom. The minimum absolute atomic E-state index is 0.0418. The summed E-state index contributed by atoms with van der Waals surface area (Å²) in [6.45, 7) is 1.83. The minimum atomic E-state index is -0.451. The molecule has 1 N–H and O–H groups in total. The van der Waals surface area contributed by atoms with E-state index in [4.69, 9.17) is 16.7 Å². The highest BCUT2D eigenvalue weighted by molar-refractivity contribution is 6.32. The second-order valence-electron chi connectivity index (χ2n) is 5.18. The molecule has 2 rings (SSSR count). The molecule has 1 atom stereocenters. The molecular weight excluding hydrogens is 280 g/mol. The topological polar surface area (TPSA) is 66.6 Å². The number of benzene rings is 1. The molecule has 1 aromatic carbocycles. The van der Waals surface area contributed by atoms with E-state index >= 15 is 0 Å². The Balaban J connectivity index is 2.11. The standard InChI is InChI=1S/C14H19ClN2O3/c15-13-5-4-11(9-14(13)17(19)20)10-16-7-2-1-3-12(16)6-8-18/h4-5,9,12,18H,1-3,6-8,10H2. The lowest BCUT2D eigenvalue weighted by atomic mass is 9.99. The zero-order valence-corrected chi connectivity index (χ0v) is 12.1. The first kappa shape index (κ1) is 15.2. The molecule has 5 nitrogen and oxygen atoms in total. The molecule has 1 fully saturated rings. The van der Waals surface area contributed by atoms with Gasteiger partial charge in [-0.3, -0.25) is 15.0 Å². The number of rotatable bonds is 5. The summed E-state index contributed by atoms with van der Waals surface area (Å²) in [6, 6.07) is 5.33. The highest BCUT2D eigenvalue weighted by Crippen LogP contribution is 2.27. The van der Waals surface area contributed by atoms with Crippen molar-refractivity contribution in [2.75, 3.05) is 13.2 Å². The fourth-order valence-corrected chi connectivity index (χ4v) is 2.96. The van der Waals surface area contributed by atoms with Crippen molar-refractivity contribution in [2.24, 2.45) is 0 Å². The molecule has 1 heterocycles. The lowest BCUT2D eigenvalue weighted by Gasteiger charge is -2.35. The monoisotopic (exact) mass is 298 g/mol. The number of hydrogen-bond donors (Lipinski definition) is 1. The fourth-order valence-electron chi connectivity index (χ4n) is 2.78. The molecule has 1 aliphatic rings. The van der Waals surface area contributed by atoms with Gasteiger partial charge in [0.15, 0.2) is 0 Å². The molecule has 0 saturated carbocycles. The molecular formula is C14H19ClN2O3. The van der Waals surface area contributed by atoms with Gasteiger partial charge in [0, 0.05) is 25.3 Å². The summed E-state index contributed by atoms with van der Waals surface area (Å²) in [7, 11) is 0. The predicted molar refractivity (Wildman–Crippen MR) is 77.9 cm³/mol. The van der Waals surface area contributed by atoms with Crippen LogP contribution in [0.4, 0.5) is 5.69 Å². The molecule has 1 saturated heterocycles. The number of hydrogen-bond acceptors (Lipinski definition) is 4. The average molecular weight is 299 g/mol. The van der Waals surface area contributed by atoms with Gasteiger partial charge in [-0.05, 0) is 37.4 Å². The number of piperidine rings is 1. The fraction of sp³-hybridized carbons (Fsp3) is 0.571. The molecule has 0 radical (unpaired) electrons. The summed E-state index contributed by atoms with van der Waals surface area (Å²) in [6.07, 6.45) is 4.16. The second-order valence-corrected chi connectivity index (χ2v) is 5.58. The Bertz CT molecular complexity index is 479. The first-order valence-electron chi connectivity index (χ1n) is 6.89. The summed E-state index contributed by atoms with van der Waals surface area (Å²) >= 11 is 5.82. The van der Waals surface area contributed by atoms with Gasteiger partial charge in [-0.1, -0.05) is 24.1 Å². The van der Waals surface area contributed by atoms with E-state index in [1.165, 1.54) is 6.42 Å². The Hall–Kier alpha value is -1.17. The van der Waals surface area contributed by atoms with Gasteiger partial charge < -0.3 is 5.11 Å². The van der Waals surface area contributed by atoms with Gasteiger partial charge in [-0.2, -0.15) is 0 Å². The Morgan fingerprint density at radius 1 is 1.45 bits per heavy atom. The largest absolute Gasteiger partial charge is 0.396 e. The van der Waals surface area contributed by atoms with Crippen LogP contribution in [0.2, 0.25) is 5.02 Å². The molecule has 0 spiro atoms. The van der Waals surface area contributed by atoms with Crippen molar-refractivity contribution in [1.29, 1.82) is 0 Å². The van der Waals surface area contributed by atoms with Crippen LogP contribution in [0, 0.1) is 10.1 Å². The summed E-state index contributed by atoms with van der Waals surface area (Å²) < 4.78 is 0. The summed E-state index contributed by atoms with van der Waals surface area (Å²) in [5.74, 6) is 0. The van der Waals surface area contributed by atoms with E-state index in [9.17, 15) is 10.1 Å². The van der Waals surface area contributed by atoms with Crippen molar-refractivity contribution in [3.05, 3.63) is 38.9 Å². The van der Waals surface area contributed by atoms with Crippen LogP contribution in [0.5, 0.6) is 0 Å². The minimum Gasteiger partial charge on any atom is -0.396 e. The molecule has 1 aromatic rings. The van der Waals surface area contributed by atoms with Crippen LogP contribution in [0.15, 0.2) is 18.2 Å². The maximum atomic E-state index is 10.9. The molecule has 0 amide bonds. The third-order valence-corrected chi connectivity index (χ3v) is 4.12. The highest BCUT2D eigenvalue weighted by atomic mass is 35.5. The van der Waals surface area contributed by atoms with Crippen LogP contribution >= 0.6 is 11.6 Å². The van der Waals surface area contributed by atoms with Gasteiger partial charge in [0.2, 0.25) is 0 Å². The number of halogens is 1. The first-order chi connectivity index (χ1) is 9.61. The van der Waals surface area contributed by atoms with E-state index in [0.717, 1.165) is 31.4 Å². The summed E-state index contributed by atoms with van der Waals surface area (Å²) in [5, 5.41) is 20.2. The van der Waals surface area contributed by atoms with E-state index in [1.54, 1.807) is 12.1 Å². The van der Waals surface area contributed by atoms with Crippen LogP contribution < -0.4 is 0 Å². The zero-order valence-electron chi connectivity index (χ0n) is 11.3. The van der Waals surface area contributed by atoms with E-state index in [-0.39, 0.29) is 17.3 Å². The van der Waals surface area contributed by atoms with Gasteiger partial charge in [0.25, 0.3) is 5.69 Å². The number of aliphatic hydroxyl groups excluding tert-OH is 1. The van der Waals surface area contributed by atoms with Crippen LogP contribution in [0.3, 0.4) is 0 Å². The summed E-state index contributed by atoms with van der Waals surface area (Å²) in [4.78, 5) is 12.8. The van der Waals surface area contributed by atoms with Gasteiger partial charge in [-0.15, -0.1) is 0 Å². The number of nitro groups is 1. The van der Waals surface area contributed by atoms with Gasteiger partial charge >= 0.3 is 0 Å². The third-order valence-electron chi connectivity index (χ3n) is 3.80. The third kappa shape index (κ3) is 3.69. The van der Waals surface area contributed by atoms with E-state index in [1.807, 2.05) is 6.07 Å². The number of aliphatic hydroxyl groups is 1. The van der Waals surface area contributed by atoms with Crippen molar-refractivity contribution < 1.29 is 10.0 Å². The number of nitro benzene ring substituents is 1. The average Bonchev–Trinajstić information content (AvgIpc) is 2.43. The summed E-state index contributed by atoms with van der Waals surface area (Å²) in [5.41, 5.74) is 0.853. The molecule has 0 aliphatic carbocycles. The van der Waals surface area contributed by atoms with Crippen molar-refractivity contribution in [3.63, 3.8) is 0 Å². The molecule has 1 aliphatic heterocycles. The van der Waals surface area contributed by atoms with Gasteiger partial charge in [0.1, 0.15) is 5.02 Å². The normalized spacial score (nSPS) is 20.0. The van der Waals surface area contributed by atoms with Gasteiger partial charge in [-0.25, -0.2) is 0 Å². The highest BCUT2D eigenvalue weighted by Gasteiger charge is 2.22. The quantitative estimate of drug-likeness (QED) is 0.670. The SMILES string of the molecule is O=[N+]([O-])c1cc(CN2CCCCC2CCO)ccc1Cl. The zero-order chi connectivity index (χ0) is 14.5. The van der Waals surface area contributed by atoms with Crippen molar-refractivity contribution in [3.8, 4) is 0 Å². The Morgan fingerprint density at radius 3 is 2.95 bits per heavy atom. The van der Waals surface area contributed by atoms with Gasteiger partial charge in [0.05, 0.1) is 4.92 Å². The lowest BCUT2D eigenvalue weighted by Crippen LogP contribution is -2.39. The predicted octanol–water partition coefficient (Wildman–Crippen LogP) is 2.99. The lowest BCUT2D eigenvalue weighted by molar-refractivity contribution is -0.384. The molecule has 110 valence electrons. The van der Waals surface area contributed by atoms with Crippen LogP contribution in [-0.4, -0.2) is 34.1 Å². The van der Waals surface area contributed by atoms with Crippen molar-refractivity contribution >= 4 is 17.3 Å². The van der Waals surface area contributed by atoms with Crippen molar-refractivity contribution in [1.82, 2.24) is 4.90 Å². The van der Waals surface area contributed by atoms with Crippen LogP contribution in [0.1, 0.15) is 31.2 Å². The van der Waals surface area contributed by atoms with Crippen LogP contribution in [0.25, 0.3) is 0 Å². The molecule has 20 heavy (non-hydrogen) atoms. The van der Waals surface area contributed by atoms with Crippen LogP contribution in [-0.2, 0) is 6.54 Å². The van der Waals surface area contributed by atoms with E-state index < -0.39 is 4.92 Å². The second kappa shape index (κ2) is 7.02. The molecule has 1 unspecified atom stereocenters. The smallest absolute Gasteiger partial charge is 0.288 e. The Labute approximate surface area is 123 Å². The van der Waals surface area contributed by atoms with Crippen molar-refractivity contribution in [2.45, 2.75) is 38.3 Å². The maximum absolute atomic E-state index is 10.9. The number of likely N-dealkylation sites (tertiary alicyclic amines) is 1. The number of nitrogens with zero attached hydrogens (tertiary/aromatic N) is 2. The first-order valence-corrected chi connectivity index (χ1v) is 7.27. The molecule has 0 aromatic heterocycles. The van der Waals surface area contributed by atoms with E-state index in [0.29, 0.717) is 12.6 Å². The Kier molecular flexibility index (Phi) is 5.34. The molecule has 0 bridgehead atoms. The molecule has 6 heteroatoms. The maximum Gasteiger partial charge on any atom is 0.288 e.